The minimum Gasteiger partial charge on any atom is -0.496 e. The quantitative estimate of drug-likeness (QED) is 0.267. The van der Waals surface area contributed by atoms with Gasteiger partial charge in [-0.25, -0.2) is 4.99 Å². The van der Waals surface area contributed by atoms with Crippen molar-refractivity contribution in [1.29, 1.82) is 0 Å². The van der Waals surface area contributed by atoms with E-state index in [-0.39, 0.29) is 11.4 Å². The van der Waals surface area contributed by atoms with Gasteiger partial charge in [0.05, 0.1) is 23.2 Å². The summed E-state index contributed by atoms with van der Waals surface area (Å²) in [5, 5.41) is 0.697. The van der Waals surface area contributed by atoms with E-state index in [0.717, 1.165) is 36.4 Å². The number of thioether (sulfide) groups is 1. The lowest BCUT2D eigenvalue weighted by molar-refractivity contribution is -0.122. The monoisotopic (exact) mass is 551 g/mol. The zero-order chi connectivity index (χ0) is 28.3. The lowest BCUT2D eigenvalue weighted by Gasteiger charge is -2.43. The van der Waals surface area contributed by atoms with E-state index in [2.05, 4.69) is 62.9 Å². The van der Waals surface area contributed by atoms with Crippen LogP contribution >= 0.6 is 11.8 Å². The van der Waals surface area contributed by atoms with Gasteiger partial charge in [0, 0.05) is 36.0 Å². The molecule has 0 unspecified atom stereocenters. The summed E-state index contributed by atoms with van der Waals surface area (Å²) >= 11 is 1.42. The highest BCUT2D eigenvalue weighted by atomic mass is 32.2. The molecule has 1 fully saturated rings. The molecule has 2 aliphatic rings. The fourth-order valence-electron chi connectivity index (χ4n) is 5.47. The van der Waals surface area contributed by atoms with Crippen LogP contribution in [-0.2, 0) is 11.2 Å². The number of hydrogen-bond donors (Lipinski definition) is 0. The number of amides is 1. The Bertz CT molecular complexity index is 1480. The van der Waals surface area contributed by atoms with Crippen molar-refractivity contribution in [3.8, 4) is 5.75 Å². The number of hydrogen-bond acceptors (Lipinski definition) is 5. The van der Waals surface area contributed by atoms with Crippen LogP contribution in [0.3, 0.4) is 0 Å². The number of aliphatic imine (C=N–C) groups is 1. The Morgan fingerprint density at radius 2 is 1.70 bits per heavy atom. The molecule has 3 aromatic carbocycles. The van der Waals surface area contributed by atoms with Crippen molar-refractivity contribution in [3.63, 3.8) is 0 Å². The third-order valence-corrected chi connectivity index (χ3v) is 8.41. The molecule has 5 rings (SSSR count). The van der Waals surface area contributed by atoms with Gasteiger partial charge in [0.2, 0.25) is 0 Å². The summed E-state index contributed by atoms with van der Waals surface area (Å²) in [6.07, 6.45) is 6.10. The van der Waals surface area contributed by atoms with Gasteiger partial charge < -0.3 is 9.64 Å². The first kappa shape index (κ1) is 27.8. The number of nitrogens with zero attached hydrogens (tertiary/aromatic N) is 3. The molecule has 0 radical (unpaired) electrons. The van der Waals surface area contributed by atoms with Gasteiger partial charge in [-0.05, 0) is 80.8 Å². The van der Waals surface area contributed by atoms with Gasteiger partial charge in [0.25, 0.3) is 5.91 Å². The van der Waals surface area contributed by atoms with Gasteiger partial charge in [-0.3, -0.25) is 9.69 Å². The Labute approximate surface area is 242 Å². The molecule has 2 aliphatic heterocycles. The van der Waals surface area contributed by atoms with Gasteiger partial charge in [-0.2, -0.15) is 0 Å². The number of benzene rings is 3. The van der Waals surface area contributed by atoms with E-state index in [1.807, 2.05) is 54.6 Å². The maximum Gasteiger partial charge on any atom is 0.266 e. The largest absolute Gasteiger partial charge is 0.496 e. The summed E-state index contributed by atoms with van der Waals surface area (Å²) in [5.41, 5.74) is 6.41. The molecule has 2 heterocycles. The van der Waals surface area contributed by atoms with E-state index < -0.39 is 0 Å². The first-order chi connectivity index (χ1) is 19.3. The van der Waals surface area contributed by atoms with Crippen LogP contribution in [-0.4, -0.2) is 41.7 Å². The Kier molecular flexibility index (Phi) is 8.17. The number of allylic oxidation sites excluding steroid dienone is 1. The Balaban J connectivity index is 1.53. The molecule has 3 aromatic rings. The van der Waals surface area contributed by atoms with Crippen molar-refractivity contribution in [2.24, 2.45) is 4.99 Å². The number of fused-ring (bicyclic) bond motifs is 1. The average molecular weight is 552 g/mol. The van der Waals surface area contributed by atoms with Crippen molar-refractivity contribution in [2.45, 2.75) is 46.1 Å². The van der Waals surface area contributed by atoms with Gasteiger partial charge in [-0.15, -0.1) is 0 Å². The van der Waals surface area contributed by atoms with Gasteiger partial charge in [0.1, 0.15) is 5.75 Å². The van der Waals surface area contributed by atoms with E-state index in [1.165, 1.54) is 34.1 Å². The van der Waals surface area contributed by atoms with E-state index in [9.17, 15) is 4.79 Å². The second kappa shape index (κ2) is 11.8. The van der Waals surface area contributed by atoms with Crippen LogP contribution in [0.15, 0.2) is 88.8 Å². The molecule has 1 saturated heterocycles. The van der Waals surface area contributed by atoms with Gasteiger partial charge in [-0.1, -0.05) is 61.5 Å². The first-order valence-electron chi connectivity index (χ1n) is 13.9. The number of carbonyl (C=O) groups excluding carboxylic acids is 1. The fraction of sp³-hybridized carbons (Fsp3) is 0.294. The normalized spacial score (nSPS) is 18.3. The highest BCUT2D eigenvalue weighted by molar-refractivity contribution is 8.18. The summed E-state index contributed by atoms with van der Waals surface area (Å²) in [6, 6.07) is 24.4. The number of amidine groups is 1. The average Bonchev–Trinajstić information content (AvgIpc) is 3.23. The van der Waals surface area contributed by atoms with Crippen molar-refractivity contribution in [1.82, 2.24) is 4.90 Å². The molecule has 0 atom stereocenters. The summed E-state index contributed by atoms with van der Waals surface area (Å²) in [7, 11) is 1.70. The molecule has 5 nitrogen and oxygen atoms in total. The lowest BCUT2D eigenvalue weighted by atomic mass is 9.87. The zero-order valence-corrected chi connectivity index (χ0v) is 24.8. The standard InChI is InChI=1S/C34H37N3O2S/c1-6-18-37-29-22-30(39-5)26(20-28(29)24(2)23-34(37,3)4)21-31-32(38)36(19-17-25-13-9-7-10-14-25)33(40-31)35-27-15-11-8-12-16-27/h7-16,20-23H,6,17-19H2,1-5H3/b31-21+,35-33?. The summed E-state index contributed by atoms with van der Waals surface area (Å²) in [5.74, 6) is 0.729. The fourth-order valence-corrected chi connectivity index (χ4v) is 6.49. The van der Waals surface area contributed by atoms with Crippen LogP contribution in [0.5, 0.6) is 5.75 Å². The molecule has 6 heteroatoms. The maximum absolute atomic E-state index is 13.8. The zero-order valence-electron chi connectivity index (χ0n) is 24.0. The molecule has 1 amide bonds. The molecule has 0 spiro atoms. The number of carbonyl (C=O) groups is 1. The van der Waals surface area contributed by atoms with Crippen LogP contribution in [0.1, 0.15) is 50.8 Å². The molecular formula is C34H37N3O2S. The summed E-state index contributed by atoms with van der Waals surface area (Å²) in [4.78, 5) is 23.6. The lowest BCUT2D eigenvalue weighted by Crippen LogP contribution is -2.45. The second-order valence-electron chi connectivity index (χ2n) is 10.8. The van der Waals surface area contributed by atoms with Crippen molar-refractivity contribution in [3.05, 3.63) is 100 Å². The minimum absolute atomic E-state index is 0.0311. The molecule has 40 heavy (non-hydrogen) atoms. The van der Waals surface area contributed by atoms with Crippen LogP contribution in [0.25, 0.3) is 11.6 Å². The van der Waals surface area contributed by atoms with Crippen LogP contribution in [0.4, 0.5) is 11.4 Å². The first-order valence-corrected chi connectivity index (χ1v) is 14.7. The summed E-state index contributed by atoms with van der Waals surface area (Å²) in [6.45, 7) is 10.4. The Hall–Kier alpha value is -3.77. The molecular weight excluding hydrogens is 514 g/mol. The second-order valence-corrected chi connectivity index (χ2v) is 11.8. The highest BCUT2D eigenvalue weighted by Crippen LogP contribution is 2.44. The topological polar surface area (TPSA) is 45.1 Å². The molecule has 0 aliphatic carbocycles. The highest BCUT2D eigenvalue weighted by Gasteiger charge is 2.35. The van der Waals surface area contributed by atoms with E-state index in [0.29, 0.717) is 16.6 Å². The molecule has 206 valence electrons. The molecule has 0 bridgehead atoms. The molecule has 0 N–H and O–H groups in total. The van der Waals surface area contributed by atoms with E-state index >= 15 is 0 Å². The number of methoxy groups -OCH3 is 1. The van der Waals surface area contributed by atoms with Crippen LogP contribution in [0, 0.1) is 0 Å². The van der Waals surface area contributed by atoms with Gasteiger partial charge in [0.15, 0.2) is 5.17 Å². The predicted octanol–water partition coefficient (Wildman–Crippen LogP) is 7.95. The van der Waals surface area contributed by atoms with E-state index in [4.69, 9.17) is 9.73 Å². The van der Waals surface area contributed by atoms with Crippen LogP contribution in [0.2, 0.25) is 0 Å². The predicted molar refractivity (Wildman–Crippen MR) is 169 cm³/mol. The number of rotatable bonds is 8. The summed E-state index contributed by atoms with van der Waals surface area (Å²) < 4.78 is 5.89. The smallest absolute Gasteiger partial charge is 0.266 e. The third-order valence-electron chi connectivity index (χ3n) is 7.40. The number of ether oxygens (including phenoxy) is 1. The van der Waals surface area contributed by atoms with Gasteiger partial charge >= 0.3 is 0 Å². The molecule has 0 aromatic heterocycles. The van der Waals surface area contributed by atoms with Crippen LogP contribution < -0.4 is 9.64 Å². The Morgan fingerprint density at radius 3 is 2.38 bits per heavy atom. The number of anilines is 1. The van der Waals surface area contributed by atoms with Crippen molar-refractivity contribution >= 4 is 45.9 Å². The minimum atomic E-state index is -0.0859. The number of para-hydroxylation sites is 1. The maximum atomic E-state index is 13.8. The Morgan fingerprint density at radius 1 is 1.00 bits per heavy atom. The SMILES string of the molecule is CCCN1c2cc(OC)c(/C=C3/SC(=Nc4ccccc4)N(CCc4ccccc4)C3=O)cc2C(C)=CC1(C)C. The third kappa shape index (κ3) is 5.73. The van der Waals surface area contributed by atoms with E-state index in [1.54, 1.807) is 12.0 Å². The van der Waals surface area contributed by atoms with Crippen molar-refractivity contribution in [2.75, 3.05) is 25.1 Å². The van der Waals surface area contributed by atoms with Crippen molar-refractivity contribution < 1.29 is 9.53 Å². The molecule has 0 saturated carbocycles.